The molecule has 4 heterocycles. The number of carbonyl (C=O) groups is 1. The van der Waals surface area contributed by atoms with E-state index >= 15 is 0 Å². The smallest absolute Gasteiger partial charge is 0.258 e. The second kappa shape index (κ2) is 8.57. The van der Waals surface area contributed by atoms with Gasteiger partial charge in [-0.05, 0) is 25.5 Å². The highest BCUT2D eigenvalue weighted by molar-refractivity contribution is 5.82. The fourth-order valence-electron chi connectivity index (χ4n) is 4.96. The van der Waals surface area contributed by atoms with Crippen molar-refractivity contribution in [2.75, 3.05) is 13.2 Å². The summed E-state index contributed by atoms with van der Waals surface area (Å²) in [6.45, 7) is 5.25. The van der Waals surface area contributed by atoms with Gasteiger partial charge in [-0.3, -0.25) is 14.5 Å². The Labute approximate surface area is 175 Å². The van der Waals surface area contributed by atoms with E-state index in [-0.39, 0.29) is 36.0 Å². The van der Waals surface area contributed by atoms with Crippen LogP contribution >= 0.6 is 0 Å². The van der Waals surface area contributed by atoms with E-state index in [1.807, 2.05) is 32.1 Å². The SMILES string of the molecule is CC=Cc1ccc2n(c1=O)C[C@@H]1[C@@H](CO)[C@H](C(=O)NCCC)N(Cc3cocn3)[C@H]21. The number of likely N-dealkylation sites (tertiary alicyclic amines) is 1. The average Bonchev–Trinajstić information content (AvgIpc) is 3.44. The summed E-state index contributed by atoms with van der Waals surface area (Å²) in [6.07, 6.45) is 7.43. The standard InChI is InChI=1S/C22H28N4O4/c1-3-5-14-6-7-18-19-16(10-25(18)22(14)29)17(11-27)20(21(28)23-8-4-2)26(19)9-15-12-30-13-24-15/h3,5-7,12-13,16-17,19-20,27H,4,8-11H2,1-2H3,(H,23,28)/t16-,17-,19+,20-/m1/s1. The van der Waals surface area contributed by atoms with Gasteiger partial charge in [-0.15, -0.1) is 0 Å². The minimum Gasteiger partial charge on any atom is -0.451 e. The predicted molar refractivity (Wildman–Crippen MR) is 111 cm³/mol. The highest BCUT2D eigenvalue weighted by atomic mass is 16.3. The van der Waals surface area contributed by atoms with Crippen molar-refractivity contribution in [2.45, 2.75) is 45.4 Å². The van der Waals surface area contributed by atoms with Gasteiger partial charge in [0.2, 0.25) is 5.91 Å². The molecule has 0 aromatic carbocycles. The molecule has 4 atom stereocenters. The van der Waals surface area contributed by atoms with Crippen LogP contribution in [0.4, 0.5) is 0 Å². The Kier molecular flexibility index (Phi) is 5.87. The quantitative estimate of drug-likeness (QED) is 0.716. The number of hydrogen-bond donors (Lipinski definition) is 2. The molecular weight excluding hydrogens is 384 g/mol. The van der Waals surface area contributed by atoms with Crippen LogP contribution in [-0.4, -0.2) is 44.7 Å². The van der Waals surface area contributed by atoms with Crippen molar-refractivity contribution in [1.29, 1.82) is 0 Å². The van der Waals surface area contributed by atoms with E-state index in [9.17, 15) is 14.7 Å². The van der Waals surface area contributed by atoms with Gasteiger partial charge in [-0.2, -0.15) is 0 Å². The molecule has 1 fully saturated rings. The van der Waals surface area contributed by atoms with E-state index in [4.69, 9.17) is 4.42 Å². The number of aliphatic hydroxyl groups excluding tert-OH is 1. The van der Waals surface area contributed by atoms with Gasteiger partial charge >= 0.3 is 0 Å². The van der Waals surface area contributed by atoms with Crippen molar-refractivity contribution < 1.29 is 14.3 Å². The summed E-state index contributed by atoms with van der Waals surface area (Å²) in [5, 5.41) is 13.2. The van der Waals surface area contributed by atoms with Gasteiger partial charge in [0.25, 0.3) is 5.56 Å². The zero-order chi connectivity index (χ0) is 21.3. The maximum Gasteiger partial charge on any atom is 0.258 e. The molecule has 160 valence electrons. The molecule has 4 rings (SSSR count). The van der Waals surface area contributed by atoms with Crippen LogP contribution in [0.3, 0.4) is 0 Å². The molecule has 0 spiro atoms. The van der Waals surface area contributed by atoms with Crippen molar-refractivity contribution in [1.82, 2.24) is 19.8 Å². The summed E-state index contributed by atoms with van der Waals surface area (Å²) in [7, 11) is 0. The number of fused-ring (bicyclic) bond motifs is 3. The molecule has 0 unspecified atom stereocenters. The Morgan fingerprint density at radius 1 is 1.43 bits per heavy atom. The third-order valence-electron chi connectivity index (χ3n) is 6.21. The van der Waals surface area contributed by atoms with Crippen molar-refractivity contribution >= 4 is 12.0 Å². The number of rotatable bonds is 7. The lowest BCUT2D eigenvalue weighted by Gasteiger charge is -2.30. The number of oxazole rings is 1. The first kappa shape index (κ1) is 20.6. The second-order valence-electron chi connectivity index (χ2n) is 7.97. The van der Waals surface area contributed by atoms with Gasteiger partial charge in [0.05, 0.1) is 17.8 Å². The molecule has 1 saturated heterocycles. The highest BCUT2D eigenvalue weighted by Gasteiger charge is 2.55. The topological polar surface area (TPSA) is 101 Å². The molecule has 1 amide bonds. The minimum absolute atomic E-state index is 0.0344. The van der Waals surface area contributed by atoms with E-state index in [1.54, 1.807) is 16.9 Å². The monoisotopic (exact) mass is 412 g/mol. The van der Waals surface area contributed by atoms with E-state index in [1.165, 1.54) is 6.39 Å². The average molecular weight is 412 g/mol. The summed E-state index contributed by atoms with van der Waals surface area (Å²) in [5.74, 6) is -0.399. The van der Waals surface area contributed by atoms with E-state index < -0.39 is 6.04 Å². The first-order chi connectivity index (χ1) is 14.6. The van der Waals surface area contributed by atoms with Crippen molar-refractivity contribution in [3.05, 3.63) is 58.2 Å². The molecule has 0 radical (unpaired) electrons. The van der Waals surface area contributed by atoms with Crippen molar-refractivity contribution in [3.63, 3.8) is 0 Å². The van der Waals surface area contributed by atoms with Crippen molar-refractivity contribution in [2.24, 2.45) is 11.8 Å². The van der Waals surface area contributed by atoms with Crippen LogP contribution in [0.2, 0.25) is 0 Å². The van der Waals surface area contributed by atoms with Crippen molar-refractivity contribution in [3.8, 4) is 0 Å². The van der Waals surface area contributed by atoms with Crippen LogP contribution in [0.1, 0.15) is 43.3 Å². The number of nitrogens with zero attached hydrogens (tertiary/aromatic N) is 3. The largest absolute Gasteiger partial charge is 0.451 e. The second-order valence-corrected chi connectivity index (χ2v) is 7.97. The lowest BCUT2D eigenvalue weighted by molar-refractivity contribution is -0.128. The molecule has 2 aliphatic heterocycles. The van der Waals surface area contributed by atoms with Crippen LogP contribution in [0.25, 0.3) is 6.08 Å². The van der Waals surface area contributed by atoms with Gasteiger partial charge in [-0.1, -0.05) is 19.1 Å². The minimum atomic E-state index is -0.493. The molecule has 0 saturated carbocycles. The lowest BCUT2D eigenvalue weighted by Crippen LogP contribution is -2.48. The van der Waals surface area contributed by atoms with Crippen LogP contribution < -0.4 is 10.9 Å². The summed E-state index contributed by atoms with van der Waals surface area (Å²) in [5.41, 5.74) is 2.20. The number of pyridine rings is 1. The third-order valence-corrected chi connectivity index (χ3v) is 6.21. The van der Waals surface area contributed by atoms with Gasteiger partial charge in [0.15, 0.2) is 6.39 Å². The Hall–Kier alpha value is -2.71. The third kappa shape index (κ3) is 3.40. The molecule has 2 aliphatic rings. The maximum atomic E-state index is 13.1. The van der Waals surface area contributed by atoms with Gasteiger partial charge in [0.1, 0.15) is 6.26 Å². The first-order valence-electron chi connectivity index (χ1n) is 10.5. The number of nitrogens with one attached hydrogen (secondary N) is 1. The molecule has 2 aromatic rings. The normalized spacial score (nSPS) is 25.6. The number of aliphatic hydroxyl groups is 1. The Morgan fingerprint density at radius 3 is 2.93 bits per heavy atom. The highest BCUT2D eigenvalue weighted by Crippen LogP contribution is 2.49. The molecule has 30 heavy (non-hydrogen) atoms. The van der Waals surface area contributed by atoms with Gasteiger partial charge in [-0.25, -0.2) is 4.98 Å². The van der Waals surface area contributed by atoms with E-state index in [2.05, 4.69) is 15.2 Å². The number of amides is 1. The summed E-state index contributed by atoms with van der Waals surface area (Å²) in [4.78, 5) is 32.4. The van der Waals surface area contributed by atoms with Crippen LogP contribution in [0, 0.1) is 11.8 Å². The summed E-state index contributed by atoms with van der Waals surface area (Å²) in [6, 6.07) is 3.16. The Morgan fingerprint density at radius 2 is 2.27 bits per heavy atom. The predicted octanol–water partition coefficient (Wildman–Crippen LogP) is 1.56. The summed E-state index contributed by atoms with van der Waals surface area (Å²) >= 11 is 0. The van der Waals surface area contributed by atoms with Crippen LogP contribution in [-0.2, 0) is 17.9 Å². The molecule has 2 N–H and O–H groups in total. The fraction of sp³-hybridized carbons (Fsp3) is 0.500. The number of hydrogen-bond acceptors (Lipinski definition) is 6. The van der Waals surface area contributed by atoms with Crippen LogP contribution in [0.15, 0.2) is 40.1 Å². The zero-order valence-electron chi connectivity index (χ0n) is 17.3. The summed E-state index contributed by atoms with van der Waals surface area (Å²) < 4.78 is 6.93. The van der Waals surface area contributed by atoms with Crippen LogP contribution in [0.5, 0.6) is 0 Å². The lowest BCUT2D eigenvalue weighted by atomic mass is 9.88. The van der Waals surface area contributed by atoms with Gasteiger partial charge in [0, 0.05) is 49.3 Å². The van der Waals surface area contributed by atoms with Gasteiger partial charge < -0.3 is 19.4 Å². The molecule has 0 bridgehead atoms. The van der Waals surface area contributed by atoms with E-state index in [0.717, 1.165) is 12.1 Å². The first-order valence-corrected chi connectivity index (χ1v) is 10.5. The molecular formula is C22H28N4O4. The molecule has 8 nitrogen and oxygen atoms in total. The maximum absolute atomic E-state index is 13.1. The molecule has 8 heteroatoms. The van der Waals surface area contributed by atoms with E-state index in [0.29, 0.717) is 30.9 Å². The number of carbonyl (C=O) groups excluding carboxylic acids is 1. The Balaban J connectivity index is 1.76. The Bertz CT molecular complexity index is 982. The molecule has 0 aliphatic carbocycles. The number of allylic oxidation sites excluding steroid dienone is 1. The zero-order valence-corrected chi connectivity index (χ0v) is 17.3. The fourth-order valence-corrected chi connectivity index (χ4v) is 4.96. The number of aromatic nitrogens is 2. The molecule has 2 aromatic heterocycles.